The molecule has 5 aliphatic rings. The fourth-order valence-corrected chi connectivity index (χ4v) is 8.61. The van der Waals surface area contributed by atoms with Gasteiger partial charge in [-0.15, -0.1) is 0 Å². The lowest BCUT2D eigenvalue weighted by atomic mass is 9.46. The zero-order valence-electron chi connectivity index (χ0n) is 20.8. The SMILES string of the molecule is CC1=C(CO)C(=O)O[C@@H]([C@](C)(O)[C@@]2(O)CCC3C4CC=C5CC=CC(=O)[C@]5(C)C4CC[C@@]32C)C1. The minimum atomic E-state index is -1.65. The van der Waals surface area contributed by atoms with Crippen LogP contribution in [0.25, 0.3) is 0 Å². The lowest BCUT2D eigenvalue weighted by molar-refractivity contribution is -0.252. The van der Waals surface area contributed by atoms with Gasteiger partial charge in [0.25, 0.3) is 0 Å². The Morgan fingerprint density at radius 2 is 1.88 bits per heavy atom. The molecule has 0 amide bonds. The molecule has 6 nitrogen and oxygen atoms in total. The number of ketones is 1. The van der Waals surface area contributed by atoms with E-state index in [1.54, 1.807) is 19.9 Å². The van der Waals surface area contributed by atoms with Crippen molar-refractivity contribution >= 4 is 11.8 Å². The fourth-order valence-electron chi connectivity index (χ4n) is 8.61. The standard InChI is InChI=1S/C28H38O6/c1-16-14-23(34-24(31)19(16)15-29)27(4,32)28(33)13-11-20-18-9-8-17-6-5-7-22(30)26(17,3)21(18)10-12-25(20,28)2/h5,7-8,18,20-21,23,29,32-33H,6,9-15H2,1-4H3/t18?,20?,21?,23-,25+,26+,27+,28-/m1/s1. The molecule has 0 radical (unpaired) electrons. The van der Waals surface area contributed by atoms with E-state index in [2.05, 4.69) is 19.9 Å². The van der Waals surface area contributed by atoms with Crippen LogP contribution in [-0.2, 0) is 14.3 Å². The van der Waals surface area contributed by atoms with Crippen molar-refractivity contribution in [2.24, 2.45) is 28.6 Å². The van der Waals surface area contributed by atoms with Crippen LogP contribution in [0, 0.1) is 28.6 Å². The van der Waals surface area contributed by atoms with Crippen molar-refractivity contribution < 1.29 is 29.6 Å². The predicted octanol–water partition coefficient (Wildman–Crippen LogP) is 3.40. The highest BCUT2D eigenvalue weighted by Gasteiger charge is 2.70. The molecule has 6 heteroatoms. The Hall–Kier alpha value is -1.76. The van der Waals surface area contributed by atoms with Gasteiger partial charge in [0.2, 0.25) is 0 Å². The van der Waals surface area contributed by atoms with E-state index in [9.17, 15) is 24.9 Å². The Morgan fingerprint density at radius 1 is 1.18 bits per heavy atom. The minimum Gasteiger partial charge on any atom is -0.455 e. The van der Waals surface area contributed by atoms with E-state index in [1.807, 2.05) is 6.08 Å². The largest absolute Gasteiger partial charge is 0.455 e. The highest BCUT2D eigenvalue weighted by molar-refractivity contribution is 5.98. The van der Waals surface area contributed by atoms with Gasteiger partial charge in [-0.2, -0.15) is 0 Å². The summed E-state index contributed by atoms with van der Waals surface area (Å²) >= 11 is 0. The number of cyclic esters (lactones) is 1. The third-order valence-corrected chi connectivity index (χ3v) is 10.9. The maximum atomic E-state index is 13.1. The number of carbonyl (C=O) groups excluding carboxylic acids is 2. The molecule has 0 spiro atoms. The summed E-state index contributed by atoms with van der Waals surface area (Å²) in [4.78, 5) is 25.6. The van der Waals surface area contributed by atoms with Crippen molar-refractivity contribution in [1.82, 2.24) is 0 Å². The number of fused-ring (bicyclic) bond motifs is 5. The smallest absolute Gasteiger partial charge is 0.336 e. The van der Waals surface area contributed by atoms with Crippen molar-refractivity contribution in [1.29, 1.82) is 0 Å². The van der Waals surface area contributed by atoms with Gasteiger partial charge in [-0.05, 0) is 83.1 Å². The first kappa shape index (κ1) is 24.0. The van der Waals surface area contributed by atoms with Crippen LogP contribution >= 0.6 is 0 Å². The van der Waals surface area contributed by atoms with E-state index < -0.39 is 40.7 Å². The van der Waals surface area contributed by atoms with Gasteiger partial charge in [-0.1, -0.05) is 30.2 Å². The maximum absolute atomic E-state index is 13.1. The second kappa shape index (κ2) is 7.62. The molecule has 0 aromatic heterocycles. The van der Waals surface area contributed by atoms with E-state index in [-0.39, 0.29) is 35.5 Å². The monoisotopic (exact) mass is 470 g/mol. The summed E-state index contributed by atoms with van der Waals surface area (Å²) in [7, 11) is 0. The molecule has 3 N–H and O–H groups in total. The number of aliphatic hydroxyl groups is 3. The Labute approximate surface area is 201 Å². The third kappa shape index (κ3) is 2.85. The molecule has 8 atom stereocenters. The number of esters is 1. The molecule has 2 fully saturated rings. The van der Waals surface area contributed by atoms with Crippen LogP contribution in [0.2, 0.25) is 0 Å². The number of carbonyl (C=O) groups is 2. The number of ether oxygens (including phenoxy) is 1. The molecule has 0 aromatic carbocycles. The summed E-state index contributed by atoms with van der Waals surface area (Å²) in [6, 6.07) is 0. The number of rotatable bonds is 3. The Bertz CT molecular complexity index is 1020. The summed E-state index contributed by atoms with van der Waals surface area (Å²) in [5, 5.41) is 33.7. The lowest BCUT2D eigenvalue weighted by Gasteiger charge is -2.60. The predicted molar refractivity (Wildman–Crippen MR) is 126 cm³/mol. The highest BCUT2D eigenvalue weighted by Crippen LogP contribution is 2.68. The highest BCUT2D eigenvalue weighted by atomic mass is 16.6. The first-order valence-corrected chi connectivity index (χ1v) is 12.8. The normalized spacial score (nSPS) is 45.7. The first-order chi connectivity index (χ1) is 15.9. The summed E-state index contributed by atoms with van der Waals surface area (Å²) < 4.78 is 5.61. The average molecular weight is 471 g/mol. The molecule has 186 valence electrons. The molecule has 1 aliphatic heterocycles. The molecule has 3 unspecified atom stereocenters. The van der Waals surface area contributed by atoms with Crippen molar-refractivity contribution in [3.8, 4) is 0 Å². The van der Waals surface area contributed by atoms with Crippen molar-refractivity contribution in [2.45, 2.75) is 89.9 Å². The second-order valence-electron chi connectivity index (χ2n) is 12.0. The topological polar surface area (TPSA) is 104 Å². The maximum Gasteiger partial charge on any atom is 0.336 e. The van der Waals surface area contributed by atoms with Gasteiger partial charge in [-0.25, -0.2) is 4.79 Å². The number of hydrogen-bond acceptors (Lipinski definition) is 6. The molecule has 2 saturated carbocycles. The third-order valence-electron chi connectivity index (χ3n) is 10.9. The molecule has 0 aromatic rings. The molecule has 0 saturated heterocycles. The van der Waals surface area contributed by atoms with Gasteiger partial charge in [-0.3, -0.25) is 4.79 Å². The zero-order valence-corrected chi connectivity index (χ0v) is 20.8. The van der Waals surface area contributed by atoms with E-state index in [1.165, 1.54) is 5.57 Å². The first-order valence-electron chi connectivity index (χ1n) is 12.8. The summed E-state index contributed by atoms with van der Waals surface area (Å²) in [6.07, 6.45) is 9.85. The van der Waals surface area contributed by atoms with Gasteiger partial charge in [0.15, 0.2) is 5.78 Å². The van der Waals surface area contributed by atoms with Crippen LogP contribution in [0.1, 0.15) is 72.6 Å². The van der Waals surface area contributed by atoms with Gasteiger partial charge in [0.1, 0.15) is 17.3 Å². The molecule has 4 aliphatic carbocycles. The van der Waals surface area contributed by atoms with Crippen LogP contribution in [0.4, 0.5) is 0 Å². The van der Waals surface area contributed by atoms with E-state index in [0.29, 0.717) is 18.4 Å². The van der Waals surface area contributed by atoms with Gasteiger partial charge in [0, 0.05) is 11.8 Å². The minimum absolute atomic E-state index is 0.167. The van der Waals surface area contributed by atoms with Crippen LogP contribution in [0.3, 0.4) is 0 Å². The number of hydrogen-bond donors (Lipinski definition) is 3. The van der Waals surface area contributed by atoms with E-state index in [4.69, 9.17) is 4.74 Å². The summed E-state index contributed by atoms with van der Waals surface area (Å²) in [6.45, 7) is 7.18. The van der Waals surface area contributed by atoms with Crippen molar-refractivity contribution in [2.75, 3.05) is 6.61 Å². The molecular weight excluding hydrogens is 432 g/mol. The van der Waals surface area contributed by atoms with Gasteiger partial charge in [0.05, 0.1) is 17.6 Å². The average Bonchev–Trinajstić information content (AvgIpc) is 3.07. The van der Waals surface area contributed by atoms with E-state index >= 15 is 0 Å². The zero-order chi connectivity index (χ0) is 24.7. The van der Waals surface area contributed by atoms with Crippen molar-refractivity contribution in [3.63, 3.8) is 0 Å². The quantitative estimate of drug-likeness (QED) is 0.431. The van der Waals surface area contributed by atoms with Crippen LogP contribution in [-0.4, -0.2) is 51.0 Å². The lowest BCUT2D eigenvalue weighted by Crippen LogP contribution is -2.68. The van der Waals surface area contributed by atoms with Crippen LogP contribution in [0.5, 0.6) is 0 Å². The molecule has 34 heavy (non-hydrogen) atoms. The van der Waals surface area contributed by atoms with E-state index in [0.717, 1.165) is 25.7 Å². The number of allylic oxidation sites excluding steroid dienone is 4. The fraction of sp³-hybridized carbons (Fsp3) is 0.714. The molecular formula is C28H38O6. The molecule has 0 bridgehead atoms. The Balaban J connectivity index is 1.48. The Morgan fingerprint density at radius 3 is 2.56 bits per heavy atom. The Kier molecular flexibility index (Phi) is 5.37. The summed E-state index contributed by atoms with van der Waals surface area (Å²) in [5.74, 6) is 0.245. The summed E-state index contributed by atoms with van der Waals surface area (Å²) in [5.41, 5.74) is -1.94. The second-order valence-corrected chi connectivity index (χ2v) is 12.0. The van der Waals surface area contributed by atoms with Crippen molar-refractivity contribution in [3.05, 3.63) is 34.9 Å². The number of aliphatic hydroxyl groups excluding tert-OH is 1. The molecule has 1 heterocycles. The van der Waals surface area contributed by atoms with Crippen LogP contribution in [0.15, 0.2) is 34.9 Å². The van der Waals surface area contributed by atoms with Crippen LogP contribution < -0.4 is 0 Å². The van der Waals surface area contributed by atoms with Gasteiger partial charge < -0.3 is 20.1 Å². The van der Waals surface area contributed by atoms with Gasteiger partial charge >= 0.3 is 5.97 Å². The molecule has 5 rings (SSSR count).